The minimum atomic E-state index is -3.74. The number of hydrogen-bond donors (Lipinski definition) is 2. The summed E-state index contributed by atoms with van der Waals surface area (Å²) < 4.78 is 27.5. The van der Waals surface area contributed by atoms with Crippen molar-refractivity contribution in [3.8, 4) is 0 Å². The Balaban J connectivity index is 1.57. The Kier molecular flexibility index (Phi) is 7.59. The van der Waals surface area contributed by atoms with Gasteiger partial charge in [0.2, 0.25) is 0 Å². The van der Waals surface area contributed by atoms with Crippen LogP contribution in [0.5, 0.6) is 0 Å². The molecule has 162 valence electrons. The molecule has 0 atom stereocenters. The summed E-state index contributed by atoms with van der Waals surface area (Å²) >= 11 is 12.1. The SMILES string of the molecule is Cc1ccc(S(=O)(=O)Nc2ccc(C(=O)NCCCc3ccc(Cl)cc3)c(Cl)c2)cc1. The zero-order valence-electron chi connectivity index (χ0n) is 16.9. The fourth-order valence-corrected chi connectivity index (χ4v) is 4.38. The number of sulfonamides is 1. The minimum Gasteiger partial charge on any atom is -0.352 e. The normalized spacial score (nSPS) is 11.2. The fraction of sp³-hybridized carbons (Fsp3) is 0.174. The molecule has 1 amide bonds. The summed E-state index contributed by atoms with van der Waals surface area (Å²) in [5.74, 6) is -0.311. The van der Waals surface area contributed by atoms with Crippen LogP contribution in [0.4, 0.5) is 5.69 Å². The highest BCUT2D eigenvalue weighted by molar-refractivity contribution is 7.92. The Morgan fingerprint density at radius 2 is 1.61 bits per heavy atom. The smallest absolute Gasteiger partial charge is 0.261 e. The van der Waals surface area contributed by atoms with Crippen molar-refractivity contribution < 1.29 is 13.2 Å². The van der Waals surface area contributed by atoms with Gasteiger partial charge in [0.1, 0.15) is 0 Å². The molecule has 0 heterocycles. The molecule has 0 aromatic heterocycles. The molecule has 3 rings (SSSR count). The van der Waals surface area contributed by atoms with Crippen LogP contribution >= 0.6 is 23.2 Å². The highest BCUT2D eigenvalue weighted by atomic mass is 35.5. The Morgan fingerprint density at radius 3 is 2.26 bits per heavy atom. The number of halogens is 2. The number of carbonyl (C=O) groups excluding carboxylic acids is 1. The lowest BCUT2D eigenvalue weighted by Gasteiger charge is -2.11. The van der Waals surface area contributed by atoms with Crippen LogP contribution in [0.1, 0.15) is 27.9 Å². The van der Waals surface area contributed by atoms with E-state index in [0.717, 1.165) is 24.0 Å². The van der Waals surface area contributed by atoms with Crippen LogP contribution in [-0.4, -0.2) is 20.9 Å². The van der Waals surface area contributed by atoms with Crippen molar-refractivity contribution in [1.82, 2.24) is 5.32 Å². The lowest BCUT2D eigenvalue weighted by Crippen LogP contribution is -2.25. The van der Waals surface area contributed by atoms with Crippen molar-refractivity contribution in [3.05, 3.63) is 93.5 Å². The number of amides is 1. The fourth-order valence-electron chi connectivity index (χ4n) is 2.93. The van der Waals surface area contributed by atoms with Crippen LogP contribution in [0.15, 0.2) is 71.6 Å². The first-order chi connectivity index (χ1) is 14.7. The van der Waals surface area contributed by atoms with Gasteiger partial charge in [-0.05, 0) is 67.8 Å². The van der Waals surface area contributed by atoms with Crippen molar-refractivity contribution in [2.45, 2.75) is 24.7 Å². The molecule has 0 bridgehead atoms. The van der Waals surface area contributed by atoms with Crippen LogP contribution in [-0.2, 0) is 16.4 Å². The van der Waals surface area contributed by atoms with Gasteiger partial charge in [0.05, 0.1) is 21.2 Å². The molecule has 8 heteroatoms. The summed E-state index contributed by atoms with van der Waals surface area (Å²) in [6, 6.07) is 18.5. The van der Waals surface area contributed by atoms with Crippen molar-refractivity contribution in [2.75, 3.05) is 11.3 Å². The topological polar surface area (TPSA) is 75.3 Å². The molecule has 0 aliphatic carbocycles. The van der Waals surface area contributed by atoms with E-state index >= 15 is 0 Å². The van der Waals surface area contributed by atoms with Gasteiger partial charge in [-0.2, -0.15) is 0 Å². The number of anilines is 1. The molecule has 0 aliphatic heterocycles. The summed E-state index contributed by atoms with van der Waals surface area (Å²) in [7, 11) is -3.74. The monoisotopic (exact) mass is 476 g/mol. The highest BCUT2D eigenvalue weighted by Gasteiger charge is 2.16. The van der Waals surface area contributed by atoms with Gasteiger partial charge in [-0.1, -0.05) is 53.0 Å². The Morgan fingerprint density at radius 1 is 0.935 bits per heavy atom. The third-order valence-electron chi connectivity index (χ3n) is 4.64. The molecule has 31 heavy (non-hydrogen) atoms. The van der Waals surface area contributed by atoms with Crippen molar-refractivity contribution >= 4 is 44.8 Å². The average molecular weight is 477 g/mol. The number of aryl methyl sites for hydroxylation is 2. The first-order valence-corrected chi connectivity index (χ1v) is 11.9. The maximum absolute atomic E-state index is 12.5. The largest absolute Gasteiger partial charge is 0.352 e. The van der Waals surface area contributed by atoms with E-state index in [1.54, 1.807) is 12.1 Å². The van der Waals surface area contributed by atoms with Gasteiger partial charge in [-0.25, -0.2) is 8.42 Å². The van der Waals surface area contributed by atoms with Crippen molar-refractivity contribution in [1.29, 1.82) is 0 Å². The number of carbonyl (C=O) groups is 1. The standard InChI is InChI=1S/C23H22Cl2N2O3S/c1-16-4-11-20(12-5-16)31(29,30)27-19-10-13-21(22(25)15-19)23(28)26-14-2-3-17-6-8-18(24)9-7-17/h4-13,15,27H,2-3,14H2,1H3,(H,26,28). The van der Waals surface area contributed by atoms with Crippen molar-refractivity contribution in [2.24, 2.45) is 0 Å². The number of rotatable bonds is 8. The zero-order chi connectivity index (χ0) is 22.4. The molecule has 0 fully saturated rings. The predicted molar refractivity (Wildman–Crippen MR) is 126 cm³/mol. The van der Waals surface area contributed by atoms with Gasteiger partial charge in [-0.3, -0.25) is 9.52 Å². The molecule has 5 nitrogen and oxygen atoms in total. The van der Waals surface area contributed by atoms with E-state index in [2.05, 4.69) is 10.0 Å². The zero-order valence-corrected chi connectivity index (χ0v) is 19.2. The Bertz CT molecular complexity index is 1160. The molecule has 3 aromatic rings. The van der Waals surface area contributed by atoms with E-state index < -0.39 is 10.0 Å². The molecule has 0 saturated heterocycles. The Labute approximate surface area is 192 Å². The molecule has 0 unspecified atom stereocenters. The van der Waals surface area contributed by atoms with E-state index in [-0.39, 0.29) is 27.1 Å². The molecular weight excluding hydrogens is 455 g/mol. The molecule has 2 N–H and O–H groups in total. The number of hydrogen-bond acceptors (Lipinski definition) is 3. The number of benzene rings is 3. The maximum atomic E-state index is 12.5. The first kappa shape index (κ1) is 23.1. The average Bonchev–Trinajstić information content (AvgIpc) is 2.72. The Hall–Kier alpha value is -2.54. The van der Waals surface area contributed by atoms with E-state index in [9.17, 15) is 13.2 Å². The van der Waals surface area contributed by atoms with Gasteiger partial charge in [-0.15, -0.1) is 0 Å². The molecule has 3 aromatic carbocycles. The highest BCUT2D eigenvalue weighted by Crippen LogP contribution is 2.23. The first-order valence-electron chi connectivity index (χ1n) is 9.66. The lowest BCUT2D eigenvalue weighted by molar-refractivity contribution is 0.0953. The van der Waals surface area contributed by atoms with Gasteiger partial charge >= 0.3 is 0 Å². The van der Waals surface area contributed by atoms with Crippen molar-refractivity contribution in [3.63, 3.8) is 0 Å². The predicted octanol–water partition coefficient (Wildman–Crippen LogP) is 5.47. The minimum absolute atomic E-state index is 0.150. The summed E-state index contributed by atoms with van der Waals surface area (Å²) in [5.41, 5.74) is 2.67. The van der Waals surface area contributed by atoms with E-state index in [0.29, 0.717) is 11.6 Å². The van der Waals surface area contributed by atoms with E-state index in [1.165, 1.54) is 30.3 Å². The van der Waals surface area contributed by atoms with Crippen LogP contribution in [0.25, 0.3) is 0 Å². The van der Waals surface area contributed by atoms with Crippen LogP contribution in [0.2, 0.25) is 10.0 Å². The quantitative estimate of drug-likeness (QED) is 0.423. The second-order valence-electron chi connectivity index (χ2n) is 7.10. The van der Waals surface area contributed by atoms with Gasteiger partial charge in [0.15, 0.2) is 0 Å². The number of nitrogens with one attached hydrogen (secondary N) is 2. The van der Waals surface area contributed by atoms with Crippen LogP contribution in [0.3, 0.4) is 0 Å². The second kappa shape index (κ2) is 10.2. The molecular formula is C23H22Cl2N2O3S. The second-order valence-corrected chi connectivity index (χ2v) is 9.63. The maximum Gasteiger partial charge on any atom is 0.261 e. The van der Waals surface area contributed by atoms with E-state index in [1.807, 2.05) is 31.2 Å². The van der Waals surface area contributed by atoms with Crippen LogP contribution in [0, 0.1) is 6.92 Å². The lowest BCUT2D eigenvalue weighted by atomic mass is 10.1. The van der Waals surface area contributed by atoms with Crippen LogP contribution < -0.4 is 10.0 Å². The molecule has 0 radical (unpaired) electrons. The van der Waals surface area contributed by atoms with E-state index in [4.69, 9.17) is 23.2 Å². The summed E-state index contributed by atoms with van der Waals surface area (Å²) in [6.45, 7) is 2.37. The van der Waals surface area contributed by atoms with Gasteiger partial charge in [0.25, 0.3) is 15.9 Å². The summed E-state index contributed by atoms with van der Waals surface area (Å²) in [4.78, 5) is 12.6. The van der Waals surface area contributed by atoms with Gasteiger partial charge in [0, 0.05) is 11.6 Å². The van der Waals surface area contributed by atoms with Gasteiger partial charge < -0.3 is 5.32 Å². The summed E-state index contributed by atoms with van der Waals surface area (Å²) in [5, 5.41) is 3.69. The molecule has 0 aliphatic rings. The summed E-state index contributed by atoms with van der Waals surface area (Å²) in [6.07, 6.45) is 1.57. The third kappa shape index (κ3) is 6.47. The third-order valence-corrected chi connectivity index (χ3v) is 6.60. The molecule has 0 saturated carbocycles. The molecule has 0 spiro atoms.